The van der Waals surface area contributed by atoms with Crippen molar-refractivity contribution in [1.82, 2.24) is 10.3 Å². The van der Waals surface area contributed by atoms with E-state index in [9.17, 15) is 5.11 Å². The molecule has 0 radical (unpaired) electrons. The Balaban J connectivity index is 1.66. The number of benzene rings is 1. The monoisotopic (exact) mass is 268 g/mol. The molecule has 104 valence electrons. The van der Waals surface area contributed by atoms with E-state index in [1.807, 2.05) is 31.2 Å². The number of rotatable bonds is 4. The van der Waals surface area contributed by atoms with Crippen LogP contribution in [-0.4, -0.2) is 16.6 Å². The molecule has 3 heteroatoms. The predicted molar refractivity (Wildman–Crippen MR) is 79.3 cm³/mol. The molecule has 0 fully saturated rings. The van der Waals surface area contributed by atoms with Gasteiger partial charge in [-0.2, -0.15) is 0 Å². The number of aliphatic hydroxyl groups is 1. The Bertz CT molecular complexity index is 611. The normalized spacial score (nSPS) is 20.9. The van der Waals surface area contributed by atoms with Crippen LogP contribution in [-0.2, 0) is 18.6 Å². The fourth-order valence-electron chi connectivity index (χ4n) is 2.96. The molecule has 1 aromatic heterocycles. The van der Waals surface area contributed by atoms with Gasteiger partial charge >= 0.3 is 0 Å². The van der Waals surface area contributed by atoms with E-state index in [4.69, 9.17) is 0 Å². The average molecular weight is 268 g/mol. The Hall–Kier alpha value is -1.71. The number of aryl methyl sites for hydroxylation is 2. The molecule has 1 aliphatic carbocycles. The number of hydrogen-bond acceptors (Lipinski definition) is 3. The molecule has 0 spiro atoms. The van der Waals surface area contributed by atoms with Crippen LogP contribution in [0.1, 0.15) is 28.8 Å². The second-order valence-corrected chi connectivity index (χ2v) is 5.54. The van der Waals surface area contributed by atoms with Crippen LogP contribution in [0.25, 0.3) is 0 Å². The summed E-state index contributed by atoms with van der Waals surface area (Å²) in [5.74, 6) is 0. The van der Waals surface area contributed by atoms with Crippen molar-refractivity contribution in [3.05, 3.63) is 65.0 Å². The summed E-state index contributed by atoms with van der Waals surface area (Å²) in [6.45, 7) is 3.33. The highest BCUT2D eigenvalue weighted by molar-refractivity contribution is 5.37. The first-order chi connectivity index (χ1) is 9.69. The van der Waals surface area contributed by atoms with Gasteiger partial charge in [-0.3, -0.25) is 4.98 Å². The van der Waals surface area contributed by atoms with E-state index < -0.39 is 5.60 Å². The summed E-state index contributed by atoms with van der Waals surface area (Å²) in [4.78, 5) is 4.28. The maximum atomic E-state index is 10.8. The van der Waals surface area contributed by atoms with E-state index in [1.165, 1.54) is 11.1 Å². The summed E-state index contributed by atoms with van der Waals surface area (Å²) in [7, 11) is 0. The molecule has 3 nitrogen and oxygen atoms in total. The summed E-state index contributed by atoms with van der Waals surface area (Å²) >= 11 is 0. The minimum absolute atomic E-state index is 0.582. The van der Waals surface area contributed by atoms with Crippen molar-refractivity contribution in [2.24, 2.45) is 0 Å². The van der Waals surface area contributed by atoms with Crippen LogP contribution < -0.4 is 5.32 Å². The summed E-state index contributed by atoms with van der Waals surface area (Å²) in [5.41, 5.74) is 3.85. The van der Waals surface area contributed by atoms with Crippen LogP contribution in [0.2, 0.25) is 0 Å². The number of nitrogens with zero attached hydrogens (tertiary/aromatic N) is 1. The fourth-order valence-corrected chi connectivity index (χ4v) is 2.96. The van der Waals surface area contributed by atoms with Gasteiger partial charge in [0.05, 0.1) is 0 Å². The van der Waals surface area contributed by atoms with Crippen molar-refractivity contribution < 1.29 is 5.11 Å². The molecule has 0 bridgehead atoms. The van der Waals surface area contributed by atoms with Gasteiger partial charge in [-0.1, -0.05) is 30.3 Å². The van der Waals surface area contributed by atoms with Gasteiger partial charge < -0.3 is 10.4 Å². The smallest absolute Gasteiger partial charge is 0.103 e. The fraction of sp³-hybridized carbons (Fsp3) is 0.353. The van der Waals surface area contributed by atoms with Crippen LogP contribution in [0.4, 0.5) is 0 Å². The minimum Gasteiger partial charge on any atom is -0.384 e. The SMILES string of the molecule is Cc1ncccc1CNCC1(O)CCc2ccccc21. The van der Waals surface area contributed by atoms with Gasteiger partial charge in [0.2, 0.25) is 0 Å². The number of fused-ring (bicyclic) bond motifs is 1. The summed E-state index contributed by atoms with van der Waals surface area (Å²) < 4.78 is 0. The molecule has 1 aliphatic rings. The van der Waals surface area contributed by atoms with E-state index in [2.05, 4.69) is 22.4 Å². The first-order valence-electron chi connectivity index (χ1n) is 7.11. The third-order valence-electron chi connectivity index (χ3n) is 4.18. The first kappa shape index (κ1) is 13.3. The van der Waals surface area contributed by atoms with E-state index in [1.54, 1.807) is 6.20 Å². The van der Waals surface area contributed by atoms with Gasteiger partial charge in [0.1, 0.15) is 5.60 Å². The minimum atomic E-state index is -0.729. The molecule has 1 heterocycles. The molecule has 1 unspecified atom stereocenters. The number of pyridine rings is 1. The maximum absolute atomic E-state index is 10.8. The van der Waals surface area contributed by atoms with Crippen molar-refractivity contribution in [3.63, 3.8) is 0 Å². The van der Waals surface area contributed by atoms with Crippen LogP contribution in [0.15, 0.2) is 42.6 Å². The summed E-state index contributed by atoms with van der Waals surface area (Å²) in [5, 5.41) is 14.2. The van der Waals surface area contributed by atoms with Gasteiger partial charge in [0, 0.05) is 25.0 Å². The summed E-state index contributed by atoms with van der Waals surface area (Å²) in [6.07, 6.45) is 3.56. The third kappa shape index (κ3) is 2.47. The van der Waals surface area contributed by atoms with Gasteiger partial charge in [-0.25, -0.2) is 0 Å². The zero-order chi connectivity index (χ0) is 14.0. The first-order valence-corrected chi connectivity index (χ1v) is 7.11. The highest BCUT2D eigenvalue weighted by Gasteiger charge is 2.35. The van der Waals surface area contributed by atoms with E-state index in [0.717, 1.165) is 30.6 Å². The van der Waals surface area contributed by atoms with Crippen molar-refractivity contribution in [2.75, 3.05) is 6.54 Å². The predicted octanol–water partition coefficient (Wildman–Crippen LogP) is 2.31. The Morgan fingerprint density at radius 1 is 1.25 bits per heavy atom. The lowest BCUT2D eigenvalue weighted by molar-refractivity contribution is 0.0384. The standard InChI is InChI=1S/C17H20N2O/c1-13-15(6-4-10-19-13)11-18-12-17(20)9-8-14-5-2-3-7-16(14)17/h2-7,10,18,20H,8-9,11-12H2,1H3. The third-order valence-corrected chi connectivity index (χ3v) is 4.18. The van der Waals surface area contributed by atoms with Crippen LogP contribution in [0, 0.1) is 6.92 Å². The molecule has 2 aromatic rings. The number of aromatic nitrogens is 1. The molecule has 1 aromatic carbocycles. The number of nitrogens with one attached hydrogen (secondary N) is 1. The van der Waals surface area contributed by atoms with Crippen LogP contribution >= 0.6 is 0 Å². The number of hydrogen-bond donors (Lipinski definition) is 2. The van der Waals surface area contributed by atoms with E-state index >= 15 is 0 Å². The molecular formula is C17H20N2O. The Labute approximate surface area is 119 Å². The largest absolute Gasteiger partial charge is 0.384 e. The lowest BCUT2D eigenvalue weighted by atomic mass is 9.96. The Kier molecular flexibility index (Phi) is 3.55. The molecule has 0 amide bonds. The molecular weight excluding hydrogens is 248 g/mol. The lowest BCUT2D eigenvalue weighted by Gasteiger charge is -2.24. The zero-order valence-corrected chi connectivity index (χ0v) is 11.8. The van der Waals surface area contributed by atoms with Gasteiger partial charge in [-0.15, -0.1) is 0 Å². The van der Waals surface area contributed by atoms with Gasteiger partial charge in [-0.05, 0) is 42.5 Å². The van der Waals surface area contributed by atoms with Crippen LogP contribution in [0.3, 0.4) is 0 Å². The van der Waals surface area contributed by atoms with Crippen molar-refractivity contribution >= 4 is 0 Å². The molecule has 0 saturated heterocycles. The topological polar surface area (TPSA) is 45.2 Å². The van der Waals surface area contributed by atoms with Crippen molar-refractivity contribution in [3.8, 4) is 0 Å². The van der Waals surface area contributed by atoms with Gasteiger partial charge in [0.15, 0.2) is 0 Å². The lowest BCUT2D eigenvalue weighted by Crippen LogP contribution is -2.36. The molecule has 1 atom stereocenters. The maximum Gasteiger partial charge on any atom is 0.103 e. The quantitative estimate of drug-likeness (QED) is 0.894. The summed E-state index contributed by atoms with van der Waals surface area (Å²) in [6, 6.07) is 12.2. The van der Waals surface area contributed by atoms with E-state index in [-0.39, 0.29) is 0 Å². The molecule has 20 heavy (non-hydrogen) atoms. The highest BCUT2D eigenvalue weighted by atomic mass is 16.3. The average Bonchev–Trinajstić information content (AvgIpc) is 2.80. The molecule has 3 rings (SSSR count). The Morgan fingerprint density at radius 3 is 2.95 bits per heavy atom. The van der Waals surface area contributed by atoms with E-state index in [0.29, 0.717) is 6.54 Å². The molecule has 0 saturated carbocycles. The second kappa shape index (κ2) is 5.35. The Morgan fingerprint density at radius 2 is 2.10 bits per heavy atom. The molecule has 2 N–H and O–H groups in total. The molecule has 0 aliphatic heterocycles. The zero-order valence-electron chi connectivity index (χ0n) is 11.8. The van der Waals surface area contributed by atoms with Crippen molar-refractivity contribution in [2.45, 2.75) is 31.9 Å². The van der Waals surface area contributed by atoms with Gasteiger partial charge in [0.25, 0.3) is 0 Å². The van der Waals surface area contributed by atoms with Crippen molar-refractivity contribution in [1.29, 1.82) is 0 Å². The van der Waals surface area contributed by atoms with Crippen LogP contribution in [0.5, 0.6) is 0 Å². The highest BCUT2D eigenvalue weighted by Crippen LogP contribution is 2.36. The second-order valence-electron chi connectivity index (χ2n) is 5.54.